The van der Waals surface area contributed by atoms with Crippen molar-refractivity contribution < 1.29 is 9.18 Å². The normalized spacial score (nSPS) is 12.3. The van der Waals surface area contributed by atoms with Gasteiger partial charge in [-0.05, 0) is 40.5 Å². The molecule has 0 saturated carbocycles. The number of hydrogen-bond acceptors (Lipinski definition) is 1. The largest absolute Gasteiger partial charge is 0.324 e. The van der Waals surface area contributed by atoms with Crippen LogP contribution in [0.1, 0.15) is 13.3 Å². The number of benzene rings is 1. The Morgan fingerprint density at radius 1 is 1.60 bits per heavy atom. The summed E-state index contributed by atoms with van der Waals surface area (Å²) in [7, 11) is 0. The minimum atomic E-state index is -0.342. The van der Waals surface area contributed by atoms with Crippen molar-refractivity contribution in [2.45, 2.75) is 18.2 Å². The van der Waals surface area contributed by atoms with Gasteiger partial charge in [0, 0.05) is 4.47 Å². The second-order valence-electron chi connectivity index (χ2n) is 2.99. The molecule has 0 radical (unpaired) electrons. The molecule has 5 heteroatoms. The summed E-state index contributed by atoms with van der Waals surface area (Å²) in [5.74, 6) is -0.476. The summed E-state index contributed by atoms with van der Waals surface area (Å²) in [6.07, 6.45) is 0.699. The number of anilines is 1. The average Bonchev–Trinajstić information content (AvgIpc) is 2.20. The lowest BCUT2D eigenvalue weighted by atomic mass is 10.3. The molecule has 82 valence electrons. The van der Waals surface area contributed by atoms with E-state index in [9.17, 15) is 9.18 Å². The van der Waals surface area contributed by atoms with Crippen LogP contribution in [0, 0.1) is 5.82 Å². The molecule has 0 bridgehead atoms. The Morgan fingerprint density at radius 2 is 2.27 bits per heavy atom. The van der Waals surface area contributed by atoms with E-state index >= 15 is 0 Å². The Bertz CT molecular complexity index is 370. The molecule has 1 N–H and O–H groups in total. The van der Waals surface area contributed by atoms with Gasteiger partial charge in [-0.2, -0.15) is 0 Å². The maximum absolute atomic E-state index is 12.8. The number of alkyl halides is 1. The van der Waals surface area contributed by atoms with Crippen LogP contribution < -0.4 is 5.32 Å². The van der Waals surface area contributed by atoms with E-state index in [1.807, 2.05) is 6.92 Å². The molecule has 0 aliphatic heterocycles. The van der Waals surface area contributed by atoms with Crippen molar-refractivity contribution in [3.8, 4) is 0 Å². The maximum Gasteiger partial charge on any atom is 0.238 e. The topological polar surface area (TPSA) is 29.1 Å². The zero-order chi connectivity index (χ0) is 11.4. The third-order valence-corrected chi connectivity index (χ3v) is 3.55. The SMILES string of the molecule is CCC(Br)C(=O)Nc1ccc(F)cc1Br. The number of rotatable bonds is 3. The number of nitrogens with one attached hydrogen (secondary N) is 1. The van der Waals surface area contributed by atoms with Gasteiger partial charge in [-0.3, -0.25) is 4.79 Å². The van der Waals surface area contributed by atoms with Gasteiger partial charge in [0.25, 0.3) is 0 Å². The van der Waals surface area contributed by atoms with E-state index in [1.54, 1.807) is 0 Å². The minimum Gasteiger partial charge on any atom is -0.324 e. The van der Waals surface area contributed by atoms with Crippen LogP contribution in [0.25, 0.3) is 0 Å². The fraction of sp³-hybridized carbons (Fsp3) is 0.300. The Balaban J connectivity index is 2.77. The summed E-state index contributed by atoms with van der Waals surface area (Å²) >= 11 is 6.41. The van der Waals surface area contributed by atoms with Gasteiger partial charge in [-0.25, -0.2) is 4.39 Å². The van der Waals surface area contributed by atoms with E-state index < -0.39 is 0 Å². The number of amides is 1. The van der Waals surface area contributed by atoms with Crippen LogP contribution in [0.4, 0.5) is 10.1 Å². The smallest absolute Gasteiger partial charge is 0.238 e. The van der Waals surface area contributed by atoms with Crippen LogP contribution >= 0.6 is 31.9 Å². The third-order valence-electron chi connectivity index (χ3n) is 1.83. The second-order valence-corrected chi connectivity index (χ2v) is 4.95. The van der Waals surface area contributed by atoms with Gasteiger partial charge >= 0.3 is 0 Å². The second kappa shape index (κ2) is 5.61. The first-order valence-electron chi connectivity index (χ1n) is 4.44. The van der Waals surface area contributed by atoms with Gasteiger partial charge < -0.3 is 5.32 Å². The van der Waals surface area contributed by atoms with Crippen LogP contribution in [0.3, 0.4) is 0 Å². The van der Waals surface area contributed by atoms with E-state index in [0.29, 0.717) is 16.6 Å². The lowest BCUT2D eigenvalue weighted by Crippen LogP contribution is -2.22. The Hall–Kier alpha value is -0.420. The molecule has 1 rings (SSSR count). The molecular weight excluding hydrogens is 329 g/mol. The molecule has 15 heavy (non-hydrogen) atoms. The Morgan fingerprint density at radius 3 is 2.80 bits per heavy atom. The molecule has 0 aliphatic carbocycles. The van der Waals surface area contributed by atoms with Crippen LogP contribution in [0.2, 0.25) is 0 Å². The van der Waals surface area contributed by atoms with Gasteiger partial charge in [0.1, 0.15) is 5.82 Å². The lowest BCUT2D eigenvalue weighted by Gasteiger charge is -2.10. The summed E-state index contributed by atoms with van der Waals surface area (Å²) < 4.78 is 13.3. The predicted molar refractivity (Wildman–Crippen MR) is 65.7 cm³/mol. The fourth-order valence-electron chi connectivity index (χ4n) is 0.987. The van der Waals surface area contributed by atoms with Crippen molar-refractivity contribution in [1.29, 1.82) is 0 Å². The molecule has 0 saturated heterocycles. The molecule has 0 aromatic heterocycles. The molecule has 0 heterocycles. The highest BCUT2D eigenvalue weighted by molar-refractivity contribution is 9.10. The summed E-state index contributed by atoms with van der Waals surface area (Å²) in [6, 6.07) is 4.13. The molecule has 1 unspecified atom stereocenters. The number of halogens is 3. The van der Waals surface area contributed by atoms with Gasteiger partial charge in [0.15, 0.2) is 0 Å². The van der Waals surface area contributed by atoms with Crippen LogP contribution in [-0.4, -0.2) is 10.7 Å². The molecular formula is C10H10Br2FNO. The maximum atomic E-state index is 12.8. The van der Waals surface area contributed by atoms with Crippen molar-refractivity contribution in [2.75, 3.05) is 5.32 Å². The number of carbonyl (C=O) groups is 1. The Labute approximate surface area is 105 Å². The van der Waals surface area contributed by atoms with Crippen molar-refractivity contribution in [3.05, 3.63) is 28.5 Å². The van der Waals surface area contributed by atoms with Gasteiger partial charge in [0.2, 0.25) is 5.91 Å². The fourth-order valence-corrected chi connectivity index (χ4v) is 1.55. The summed E-state index contributed by atoms with van der Waals surface area (Å²) in [6.45, 7) is 1.90. The van der Waals surface area contributed by atoms with Crippen LogP contribution in [0.5, 0.6) is 0 Å². The van der Waals surface area contributed by atoms with Crippen molar-refractivity contribution in [1.82, 2.24) is 0 Å². The molecule has 0 spiro atoms. The summed E-state index contributed by atoms with van der Waals surface area (Å²) in [4.78, 5) is 11.3. The van der Waals surface area contributed by atoms with Crippen molar-refractivity contribution in [2.24, 2.45) is 0 Å². The average molecular weight is 339 g/mol. The van der Waals surface area contributed by atoms with E-state index in [-0.39, 0.29) is 16.6 Å². The van der Waals surface area contributed by atoms with Gasteiger partial charge in [-0.15, -0.1) is 0 Å². The first kappa shape index (κ1) is 12.6. The molecule has 1 aromatic rings. The van der Waals surface area contributed by atoms with E-state index in [0.717, 1.165) is 0 Å². The lowest BCUT2D eigenvalue weighted by molar-refractivity contribution is -0.115. The molecule has 0 aliphatic rings. The predicted octanol–water partition coefficient (Wildman–Crippen LogP) is 3.70. The first-order valence-corrected chi connectivity index (χ1v) is 6.15. The standard InChI is InChI=1S/C10H10Br2FNO/c1-2-7(11)10(15)14-9-4-3-6(13)5-8(9)12/h3-5,7H,2H2,1H3,(H,14,15). The van der Waals surface area contributed by atoms with Gasteiger partial charge in [-0.1, -0.05) is 22.9 Å². The molecule has 1 aromatic carbocycles. The van der Waals surface area contributed by atoms with E-state index in [4.69, 9.17) is 0 Å². The monoisotopic (exact) mass is 337 g/mol. The van der Waals surface area contributed by atoms with E-state index in [1.165, 1.54) is 18.2 Å². The number of carbonyl (C=O) groups excluding carboxylic acids is 1. The Kier molecular flexibility index (Phi) is 4.73. The van der Waals surface area contributed by atoms with E-state index in [2.05, 4.69) is 37.2 Å². The quantitative estimate of drug-likeness (QED) is 0.836. The molecule has 1 amide bonds. The van der Waals surface area contributed by atoms with Crippen LogP contribution in [-0.2, 0) is 4.79 Å². The highest BCUT2D eigenvalue weighted by Gasteiger charge is 2.13. The summed E-state index contributed by atoms with van der Waals surface area (Å²) in [5.41, 5.74) is 0.569. The van der Waals surface area contributed by atoms with Gasteiger partial charge in [0.05, 0.1) is 10.5 Å². The number of hydrogen-bond donors (Lipinski definition) is 1. The minimum absolute atomic E-state index is 0.134. The first-order chi connectivity index (χ1) is 7.04. The van der Waals surface area contributed by atoms with Crippen molar-refractivity contribution >= 4 is 43.5 Å². The molecule has 2 nitrogen and oxygen atoms in total. The zero-order valence-corrected chi connectivity index (χ0v) is 11.2. The highest BCUT2D eigenvalue weighted by Crippen LogP contribution is 2.23. The van der Waals surface area contributed by atoms with Crippen molar-refractivity contribution in [3.63, 3.8) is 0 Å². The molecule has 1 atom stereocenters. The zero-order valence-electron chi connectivity index (χ0n) is 8.06. The summed E-state index contributed by atoms with van der Waals surface area (Å²) in [5, 5.41) is 2.69. The van der Waals surface area contributed by atoms with Crippen LogP contribution in [0.15, 0.2) is 22.7 Å². The third kappa shape index (κ3) is 3.57. The molecule has 0 fully saturated rings. The highest BCUT2D eigenvalue weighted by atomic mass is 79.9.